The molecule has 0 atom stereocenters. The number of fused-ring (bicyclic) bond motifs is 7. The second-order valence-electron chi connectivity index (χ2n) is 9.57. The van der Waals surface area contributed by atoms with E-state index in [4.69, 9.17) is 11.6 Å². The zero-order valence-electron chi connectivity index (χ0n) is 19.9. The number of nitrogens with zero attached hydrogens (tertiary/aromatic N) is 2. The molecule has 0 unspecified atom stereocenters. The van der Waals surface area contributed by atoms with Crippen LogP contribution < -0.4 is 0 Å². The van der Waals surface area contributed by atoms with Gasteiger partial charge in [-0.1, -0.05) is 96.5 Å². The lowest BCUT2D eigenvalue weighted by Gasteiger charge is -2.15. The van der Waals surface area contributed by atoms with E-state index in [1.807, 2.05) is 6.07 Å². The van der Waals surface area contributed by atoms with E-state index in [9.17, 15) is 0 Å². The molecule has 0 spiro atoms. The van der Waals surface area contributed by atoms with Crippen molar-refractivity contribution in [1.82, 2.24) is 9.13 Å². The number of aromatic nitrogens is 2. The summed E-state index contributed by atoms with van der Waals surface area (Å²) in [7, 11) is 0. The first kappa shape index (κ1) is 20.6. The Balaban J connectivity index is 1.57. The van der Waals surface area contributed by atoms with Crippen molar-refractivity contribution in [3.8, 4) is 11.4 Å². The van der Waals surface area contributed by atoms with Crippen LogP contribution in [0.25, 0.3) is 65.8 Å². The molecule has 3 heteroatoms. The number of para-hydroxylation sites is 3. The highest BCUT2D eigenvalue weighted by Gasteiger charge is 2.19. The average Bonchev–Trinajstić information content (AvgIpc) is 3.45. The highest BCUT2D eigenvalue weighted by Crippen LogP contribution is 2.40. The van der Waals surface area contributed by atoms with Crippen LogP contribution in [0.2, 0.25) is 5.02 Å². The van der Waals surface area contributed by atoms with Crippen molar-refractivity contribution >= 4 is 66.0 Å². The standard InChI is InChI=1S/C34H21ClN2/c35-24-17-19-28-26-10-3-6-14-31(26)37(33(28)21-24)32-15-7-12-29-27-11-4-5-13-30(27)36(34(29)32)25-18-16-22-8-1-2-9-23(22)20-25/h1-21H. The summed E-state index contributed by atoms with van der Waals surface area (Å²) in [5.41, 5.74) is 6.94. The molecular weight excluding hydrogens is 472 g/mol. The summed E-state index contributed by atoms with van der Waals surface area (Å²) in [6, 6.07) is 45.4. The average molecular weight is 493 g/mol. The second kappa shape index (κ2) is 7.73. The highest BCUT2D eigenvalue weighted by molar-refractivity contribution is 6.31. The molecule has 2 heterocycles. The lowest BCUT2D eigenvalue weighted by Crippen LogP contribution is -2.00. The highest BCUT2D eigenvalue weighted by atomic mass is 35.5. The molecule has 6 aromatic carbocycles. The Morgan fingerprint density at radius 1 is 0.432 bits per heavy atom. The molecule has 0 saturated heterocycles. The molecular formula is C34H21ClN2. The molecule has 0 saturated carbocycles. The molecule has 0 fully saturated rings. The van der Waals surface area contributed by atoms with Crippen molar-refractivity contribution < 1.29 is 0 Å². The summed E-state index contributed by atoms with van der Waals surface area (Å²) >= 11 is 6.55. The van der Waals surface area contributed by atoms with Crippen molar-refractivity contribution in [3.63, 3.8) is 0 Å². The van der Waals surface area contributed by atoms with Crippen molar-refractivity contribution in [2.75, 3.05) is 0 Å². The van der Waals surface area contributed by atoms with Crippen LogP contribution in [0.1, 0.15) is 0 Å². The molecule has 2 aromatic heterocycles. The van der Waals surface area contributed by atoms with E-state index in [-0.39, 0.29) is 0 Å². The van der Waals surface area contributed by atoms with Gasteiger partial charge in [-0.3, -0.25) is 0 Å². The quantitative estimate of drug-likeness (QED) is 0.227. The minimum Gasteiger partial charge on any atom is -0.307 e. The van der Waals surface area contributed by atoms with Gasteiger partial charge >= 0.3 is 0 Å². The summed E-state index contributed by atoms with van der Waals surface area (Å²) in [6.45, 7) is 0. The van der Waals surface area contributed by atoms with Gasteiger partial charge in [-0.2, -0.15) is 0 Å². The topological polar surface area (TPSA) is 9.86 Å². The first-order chi connectivity index (χ1) is 18.3. The SMILES string of the molecule is Clc1ccc2c3ccccc3n(-c3cccc4c5ccccc5n(-c5ccc6ccccc6c5)c34)c2c1. The minimum atomic E-state index is 0.735. The largest absolute Gasteiger partial charge is 0.307 e. The summed E-state index contributed by atoms with van der Waals surface area (Å²) in [6.07, 6.45) is 0. The molecule has 0 aliphatic carbocycles. The fourth-order valence-electron chi connectivity index (χ4n) is 5.97. The Bertz CT molecular complexity index is 2160. The zero-order chi connectivity index (χ0) is 24.5. The molecule has 0 radical (unpaired) electrons. The summed E-state index contributed by atoms with van der Waals surface area (Å²) in [4.78, 5) is 0. The molecule has 174 valence electrons. The Morgan fingerprint density at radius 2 is 1.08 bits per heavy atom. The fraction of sp³-hybridized carbons (Fsp3) is 0. The second-order valence-corrected chi connectivity index (χ2v) is 10.0. The number of hydrogen-bond acceptors (Lipinski definition) is 0. The first-order valence-electron chi connectivity index (χ1n) is 12.5. The van der Waals surface area contributed by atoms with Crippen LogP contribution >= 0.6 is 11.6 Å². The Kier molecular flexibility index (Phi) is 4.31. The van der Waals surface area contributed by atoms with Gasteiger partial charge in [0.25, 0.3) is 0 Å². The molecule has 0 N–H and O–H groups in total. The molecule has 37 heavy (non-hydrogen) atoms. The van der Waals surface area contributed by atoms with Crippen LogP contribution in [-0.4, -0.2) is 9.13 Å². The lowest BCUT2D eigenvalue weighted by atomic mass is 10.1. The molecule has 0 bridgehead atoms. The third-order valence-corrected chi connectivity index (χ3v) is 7.78. The summed E-state index contributed by atoms with van der Waals surface area (Å²) in [5.74, 6) is 0. The van der Waals surface area contributed by atoms with Crippen LogP contribution in [0.3, 0.4) is 0 Å². The summed E-state index contributed by atoms with van der Waals surface area (Å²) < 4.78 is 4.78. The van der Waals surface area contributed by atoms with Crippen LogP contribution in [0.15, 0.2) is 127 Å². The van der Waals surface area contributed by atoms with E-state index < -0.39 is 0 Å². The Hall–Kier alpha value is -4.53. The number of hydrogen-bond donors (Lipinski definition) is 0. The van der Waals surface area contributed by atoms with E-state index >= 15 is 0 Å². The van der Waals surface area contributed by atoms with Gasteiger partial charge < -0.3 is 9.13 Å². The van der Waals surface area contributed by atoms with E-state index in [1.165, 1.54) is 48.9 Å². The summed E-state index contributed by atoms with van der Waals surface area (Å²) in [5, 5.41) is 8.10. The van der Waals surface area contributed by atoms with Gasteiger partial charge in [0.2, 0.25) is 0 Å². The normalized spacial score (nSPS) is 11.9. The maximum atomic E-state index is 6.55. The van der Waals surface area contributed by atoms with Gasteiger partial charge in [0, 0.05) is 32.3 Å². The van der Waals surface area contributed by atoms with Gasteiger partial charge in [0.05, 0.1) is 27.8 Å². The maximum Gasteiger partial charge on any atom is 0.0782 e. The van der Waals surface area contributed by atoms with Crippen molar-refractivity contribution in [2.24, 2.45) is 0 Å². The Morgan fingerprint density at radius 3 is 1.92 bits per heavy atom. The molecule has 8 rings (SSSR count). The molecule has 0 aliphatic rings. The van der Waals surface area contributed by atoms with Gasteiger partial charge in [0.15, 0.2) is 0 Å². The van der Waals surface area contributed by atoms with Crippen molar-refractivity contribution in [3.05, 3.63) is 132 Å². The molecule has 0 amide bonds. The Labute approximate surface area is 218 Å². The zero-order valence-corrected chi connectivity index (χ0v) is 20.7. The number of benzene rings is 6. The van der Waals surface area contributed by atoms with Crippen molar-refractivity contribution in [2.45, 2.75) is 0 Å². The van der Waals surface area contributed by atoms with E-state index in [2.05, 4.69) is 130 Å². The smallest absolute Gasteiger partial charge is 0.0782 e. The monoisotopic (exact) mass is 492 g/mol. The van der Waals surface area contributed by atoms with Gasteiger partial charge in [-0.05, 0) is 53.2 Å². The fourth-order valence-corrected chi connectivity index (χ4v) is 6.13. The predicted octanol–water partition coefficient (Wildman–Crippen LogP) is 9.69. The van der Waals surface area contributed by atoms with Gasteiger partial charge in [-0.25, -0.2) is 0 Å². The van der Waals surface area contributed by atoms with Crippen molar-refractivity contribution in [1.29, 1.82) is 0 Å². The molecule has 2 nitrogen and oxygen atoms in total. The third kappa shape index (κ3) is 2.94. The van der Waals surface area contributed by atoms with Crippen LogP contribution in [0.5, 0.6) is 0 Å². The first-order valence-corrected chi connectivity index (χ1v) is 12.9. The predicted molar refractivity (Wildman–Crippen MR) is 158 cm³/mol. The van der Waals surface area contributed by atoms with E-state index in [1.54, 1.807) is 0 Å². The van der Waals surface area contributed by atoms with Gasteiger partial charge in [-0.15, -0.1) is 0 Å². The minimum absolute atomic E-state index is 0.735. The molecule has 0 aliphatic heterocycles. The van der Waals surface area contributed by atoms with E-state index in [0.717, 1.165) is 21.9 Å². The molecule has 8 aromatic rings. The van der Waals surface area contributed by atoms with Gasteiger partial charge in [0.1, 0.15) is 0 Å². The van der Waals surface area contributed by atoms with E-state index in [0.29, 0.717) is 0 Å². The van der Waals surface area contributed by atoms with Crippen LogP contribution in [-0.2, 0) is 0 Å². The number of halogens is 1. The van der Waals surface area contributed by atoms with Crippen LogP contribution in [0, 0.1) is 0 Å². The third-order valence-electron chi connectivity index (χ3n) is 7.54. The van der Waals surface area contributed by atoms with Crippen LogP contribution in [0.4, 0.5) is 0 Å². The maximum absolute atomic E-state index is 6.55. The number of rotatable bonds is 2. The lowest BCUT2D eigenvalue weighted by molar-refractivity contribution is 1.13.